The van der Waals surface area contributed by atoms with Crippen molar-refractivity contribution in [1.29, 1.82) is 0 Å². The van der Waals surface area contributed by atoms with Crippen molar-refractivity contribution in [2.45, 2.75) is 38.3 Å². The van der Waals surface area contributed by atoms with Crippen LogP contribution in [-0.4, -0.2) is 53.0 Å². The number of nitrogens with one attached hydrogen (secondary N) is 1. The number of piperidine rings is 2. The molecule has 0 aliphatic carbocycles. The standard InChI is InChI=1S/C28H32FN5O/c29-25-10-8-22(9-11-25)24-17-30-28(31-18-24)34-14-4-7-23(20-34)27(35)32-26-12-15-33(16-13-26)19-21-5-2-1-3-6-21/h1-3,5-6,8-11,17-18,23,26H,4,7,12-16,19-20H2,(H,32,35). The molecule has 3 heterocycles. The van der Waals surface area contributed by atoms with Crippen LogP contribution in [0.15, 0.2) is 67.0 Å². The summed E-state index contributed by atoms with van der Waals surface area (Å²) in [5.74, 6) is 0.481. The van der Waals surface area contributed by atoms with Crippen LogP contribution in [0.4, 0.5) is 10.3 Å². The fraction of sp³-hybridized carbons (Fsp3) is 0.393. The molecule has 5 rings (SSSR count). The number of rotatable bonds is 6. The fourth-order valence-electron chi connectivity index (χ4n) is 5.04. The number of amides is 1. The molecule has 0 spiro atoms. The van der Waals surface area contributed by atoms with Gasteiger partial charge in [0.05, 0.1) is 5.92 Å². The van der Waals surface area contributed by atoms with Crippen LogP contribution in [0.2, 0.25) is 0 Å². The van der Waals surface area contributed by atoms with Crippen molar-refractivity contribution in [2.75, 3.05) is 31.1 Å². The molecule has 0 radical (unpaired) electrons. The Balaban J connectivity index is 1.11. The molecule has 2 aromatic carbocycles. The normalized spacial score (nSPS) is 19.5. The molecule has 2 aliphatic heterocycles. The minimum Gasteiger partial charge on any atom is -0.353 e. The summed E-state index contributed by atoms with van der Waals surface area (Å²) >= 11 is 0. The molecule has 3 aromatic rings. The van der Waals surface area contributed by atoms with E-state index in [9.17, 15) is 9.18 Å². The molecule has 1 aromatic heterocycles. The maximum absolute atomic E-state index is 13.2. The van der Waals surface area contributed by atoms with Gasteiger partial charge in [-0.25, -0.2) is 14.4 Å². The predicted molar refractivity (Wildman–Crippen MR) is 135 cm³/mol. The molecule has 0 bridgehead atoms. The lowest BCUT2D eigenvalue weighted by molar-refractivity contribution is -0.126. The van der Waals surface area contributed by atoms with Crippen LogP contribution in [0.25, 0.3) is 11.1 Å². The summed E-state index contributed by atoms with van der Waals surface area (Å²) in [6.07, 6.45) is 7.34. The Morgan fingerprint density at radius 3 is 2.34 bits per heavy atom. The zero-order valence-electron chi connectivity index (χ0n) is 19.9. The molecule has 1 unspecified atom stereocenters. The number of likely N-dealkylation sites (tertiary alicyclic amines) is 1. The van der Waals surface area contributed by atoms with Crippen LogP contribution < -0.4 is 10.2 Å². The summed E-state index contributed by atoms with van der Waals surface area (Å²) in [4.78, 5) is 26.7. The first-order valence-electron chi connectivity index (χ1n) is 12.5. The Bertz CT molecular complexity index is 1100. The van der Waals surface area contributed by atoms with Crippen LogP contribution in [-0.2, 0) is 11.3 Å². The molecule has 182 valence electrons. The Labute approximate surface area is 206 Å². The summed E-state index contributed by atoms with van der Waals surface area (Å²) in [5, 5.41) is 3.32. The number of carbonyl (C=O) groups is 1. The van der Waals surface area contributed by atoms with Gasteiger partial charge < -0.3 is 10.2 Å². The van der Waals surface area contributed by atoms with Crippen molar-refractivity contribution in [2.24, 2.45) is 5.92 Å². The number of anilines is 1. The molecule has 1 atom stereocenters. The number of hydrogen-bond donors (Lipinski definition) is 1. The molecule has 1 amide bonds. The van der Waals surface area contributed by atoms with E-state index in [4.69, 9.17) is 0 Å². The third kappa shape index (κ3) is 6.03. The van der Waals surface area contributed by atoms with Crippen LogP contribution in [0.1, 0.15) is 31.2 Å². The molecule has 6 nitrogen and oxygen atoms in total. The van der Waals surface area contributed by atoms with Gasteiger partial charge in [0.2, 0.25) is 11.9 Å². The number of hydrogen-bond acceptors (Lipinski definition) is 5. The zero-order valence-corrected chi connectivity index (χ0v) is 19.9. The number of halogens is 1. The number of carbonyl (C=O) groups excluding carboxylic acids is 1. The first kappa shape index (κ1) is 23.4. The van der Waals surface area contributed by atoms with Crippen molar-refractivity contribution in [3.05, 3.63) is 78.4 Å². The van der Waals surface area contributed by atoms with Gasteiger partial charge in [-0.05, 0) is 48.9 Å². The van der Waals surface area contributed by atoms with Crippen molar-refractivity contribution >= 4 is 11.9 Å². The number of nitrogens with zero attached hydrogens (tertiary/aromatic N) is 4. The molecule has 2 fully saturated rings. The summed E-state index contributed by atoms with van der Waals surface area (Å²) in [7, 11) is 0. The predicted octanol–water partition coefficient (Wildman–Crippen LogP) is 4.28. The Morgan fingerprint density at radius 1 is 0.914 bits per heavy atom. The van der Waals surface area contributed by atoms with Crippen molar-refractivity contribution < 1.29 is 9.18 Å². The average molecular weight is 474 g/mol. The maximum Gasteiger partial charge on any atom is 0.225 e. The van der Waals surface area contributed by atoms with Gasteiger partial charge in [-0.3, -0.25) is 9.69 Å². The van der Waals surface area contributed by atoms with E-state index in [2.05, 4.69) is 49.4 Å². The number of benzene rings is 2. The van der Waals surface area contributed by atoms with E-state index in [1.54, 1.807) is 24.5 Å². The monoisotopic (exact) mass is 473 g/mol. The van der Waals surface area contributed by atoms with Crippen LogP contribution in [0, 0.1) is 11.7 Å². The van der Waals surface area contributed by atoms with Gasteiger partial charge in [-0.1, -0.05) is 42.5 Å². The quantitative estimate of drug-likeness (QED) is 0.579. The molecular weight excluding hydrogens is 441 g/mol. The molecule has 0 saturated carbocycles. The van der Waals surface area contributed by atoms with Crippen molar-refractivity contribution in [1.82, 2.24) is 20.2 Å². The summed E-state index contributed by atoms with van der Waals surface area (Å²) < 4.78 is 13.2. The first-order valence-corrected chi connectivity index (χ1v) is 12.5. The SMILES string of the molecule is O=C(NC1CCN(Cc2ccccc2)CC1)C1CCCN(c2ncc(-c3ccc(F)cc3)cn2)C1. The lowest BCUT2D eigenvalue weighted by Crippen LogP contribution is -2.49. The second-order valence-corrected chi connectivity index (χ2v) is 9.61. The Morgan fingerprint density at radius 2 is 1.63 bits per heavy atom. The van der Waals surface area contributed by atoms with Gasteiger partial charge in [0.15, 0.2) is 0 Å². The molecule has 7 heteroatoms. The van der Waals surface area contributed by atoms with E-state index in [0.717, 1.165) is 63.0 Å². The van der Waals surface area contributed by atoms with Crippen LogP contribution in [0.5, 0.6) is 0 Å². The Kier molecular flexibility index (Phi) is 7.33. The third-order valence-electron chi connectivity index (χ3n) is 7.07. The summed E-state index contributed by atoms with van der Waals surface area (Å²) in [5.41, 5.74) is 3.06. The van der Waals surface area contributed by atoms with Gasteiger partial charge >= 0.3 is 0 Å². The van der Waals surface area contributed by atoms with Gasteiger partial charge in [0.1, 0.15) is 5.82 Å². The highest BCUT2D eigenvalue weighted by molar-refractivity contribution is 5.79. The molecular formula is C28H32FN5O. The van der Waals surface area contributed by atoms with Gasteiger partial charge in [0.25, 0.3) is 0 Å². The van der Waals surface area contributed by atoms with E-state index in [1.165, 1.54) is 17.7 Å². The third-order valence-corrected chi connectivity index (χ3v) is 7.07. The van der Waals surface area contributed by atoms with Gasteiger partial charge in [-0.2, -0.15) is 0 Å². The Hall–Kier alpha value is -3.32. The average Bonchev–Trinajstić information content (AvgIpc) is 2.91. The highest BCUT2D eigenvalue weighted by Crippen LogP contribution is 2.24. The summed E-state index contributed by atoms with van der Waals surface area (Å²) in [6.45, 7) is 4.46. The van der Waals surface area contributed by atoms with E-state index in [0.29, 0.717) is 12.5 Å². The van der Waals surface area contributed by atoms with E-state index in [-0.39, 0.29) is 23.7 Å². The number of aromatic nitrogens is 2. The van der Waals surface area contributed by atoms with E-state index < -0.39 is 0 Å². The molecule has 1 N–H and O–H groups in total. The van der Waals surface area contributed by atoms with E-state index >= 15 is 0 Å². The fourth-order valence-corrected chi connectivity index (χ4v) is 5.04. The highest BCUT2D eigenvalue weighted by Gasteiger charge is 2.29. The largest absolute Gasteiger partial charge is 0.353 e. The molecule has 2 saturated heterocycles. The van der Waals surface area contributed by atoms with Crippen LogP contribution in [0.3, 0.4) is 0 Å². The van der Waals surface area contributed by atoms with Crippen molar-refractivity contribution in [3.8, 4) is 11.1 Å². The maximum atomic E-state index is 13.2. The second-order valence-electron chi connectivity index (χ2n) is 9.61. The van der Waals surface area contributed by atoms with Crippen molar-refractivity contribution in [3.63, 3.8) is 0 Å². The second kappa shape index (κ2) is 11.0. The van der Waals surface area contributed by atoms with E-state index in [1.807, 2.05) is 6.07 Å². The van der Waals surface area contributed by atoms with Gasteiger partial charge in [-0.15, -0.1) is 0 Å². The molecule has 35 heavy (non-hydrogen) atoms. The minimum atomic E-state index is -0.262. The zero-order chi connectivity index (χ0) is 24.0. The smallest absolute Gasteiger partial charge is 0.225 e. The summed E-state index contributed by atoms with van der Waals surface area (Å²) in [6, 6.07) is 17.1. The lowest BCUT2D eigenvalue weighted by Gasteiger charge is -2.35. The van der Waals surface area contributed by atoms with Crippen LogP contribution >= 0.6 is 0 Å². The highest BCUT2D eigenvalue weighted by atomic mass is 19.1. The molecule has 2 aliphatic rings. The first-order chi connectivity index (χ1) is 17.1. The lowest BCUT2D eigenvalue weighted by atomic mass is 9.96. The topological polar surface area (TPSA) is 61.4 Å². The minimum absolute atomic E-state index is 0.0496. The van der Waals surface area contributed by atoms with Gasteiger partial charge in [0, 0.05) is 56.7 Å².